The van der Waals surface area contributed by atoms with Crippen molar-refractivity contribution >= 4 is 28.7 Å². The third kappa shape index (κ3) is 3.31. The van der Waals surface area contributed by atoms with Crippen molar-refractivity contribution in [2.24, 2.45) is 0 Å². The highest BCUT2D eigenvalue weighted by Gasteiger charge is 2.22. The maximum absolute atomic E-state index is 12.0. The van der Waals surface area contributed by atoms with E-state index in [1.165, 1.54) is 4.68 Å². The van der Waals surface area contributed by atoms with Crippen molar-refractivity contribution in [1.82, 2.24) is 15.0 Å². The van der Waals surface area contributed by atoms with Gasteiger partial charge in [-0.1, -0.05) is 35.5 Å². The number of rotatable bonds is 1. The molecule has 6 heteroatoms. The Morgan fingerprint density at radius 3 is 2.47 bits per heavy atom. The van der Waals surface area contributed by atoms with E-state index < -0.39 is 11.7 Å². The van der Waals surface area contributed by atoms with E-state index in [1.54, 1.807) is 0 Å². The first-order valence-corrected chi connectivity index (χ1v) is 6.86. The molecule has 0 radical (unpaired) electrons. The van der Waals surface area contributed by atoms with Gasteiger partial charge in [0.15, 0.2) is 0 Å². The standard InChI is InChI=1S/C13H14IN3O2/c1-13(2,3)19-12(18)17-11(14)10(15-16-17)9-7-5-4-6-8-9/h4-8H,1-3H3. The number of hydrogen-bond acceptors (Lipinski definition) is 4. The van der Waals surface area contributed by atoms with Crippen molar-refractivity contribution in [3.05, 3.63) is 34.0 Å². The molecule has 19 heavy (non-hydrogen) atoms. The summed E-state index contributed by atoms with van der Waals surface area (Å²) in [4.78, 5) is 12.0. The molecule has 0 saturated carbocycles. The van der Waals surface area contributed by atoms with Crippen LogP contribution in [-0.2, 0) is 4.74 Å². The molecule has 2 aromatic rings. The van der Waals surface area contributed by atoms with Crippen LogP contribution in [0.15, 0.2) is 30.3 Å². The summed E-state index contributed by atoms with van der Waals surface area (Å²) in [6.45, 7) is 5.44. The Kier molecular flexibility index (Phi) is 3.88. The zero-order chi connectivity index (χ0) is 14.0. The van der Waals surface area contributed by atoms with Crippen LogP contribution in [0.25, 0.3) is 11.3 Å². The second-order valence-corrected chi connectivity index (χ2v) is 6.01. The molecule has 100 valence electrons. The van der Waals surface area contributed by atoms with Crippen LogP contribution >= 0.6 is 22.6 Å². The number of carbonyl (C=O) groups is 1. The van der Waals surface area contributed by atoms with Gasteiger partial charge in [0.25, 0.3) is 0 Å². The lowest BCUT2D eigenvalue weighted by Gasteiger charge is -2.18. The van der Waals surface area contributed by atoms with Crippen LogP contribution in [0.1, 0.15) is 20.8 Å². The quantitative estimate of drug-likeness (QED) is 0.722. The summed E-state index contributed by atoms with van der Waals surface area (Å²) in [5.74, 6) is 0. The van der Waals surface area contributed by atoms with Gasteiger partial charge in [-0.2, -0.15) is 0 Å². The minimum Gasteiger partial charge on any atom is -0.442 e. The van der Waals surface area contributed by atoms with Crippen molar-refractivity contribution in [1.29, 1.82) is 0 Å². The van der Waals surface area contributed by atoms with Crippen LogP contribution in [0.4, 0.5) is 4.79 Å². The second-order valence-electron chi connectivity index (χ2n) is 4.99. The highest BCUT2D eigenvalue weighted by molar-refractivity contribution is 14.1. The van der Waals surface area contributed by atoms with Crippen molar-refractivity contribution in [3.8, 4) is 11.3 Å². The number of carbonyl (C=O) groups excluding carboxylic acids is 1. The highest BCUT2D eigenvalue weighted by Crippen LogP contribution is 2.22. The summed E-state index contributed by atoms with van der Waals surface area (Å²) in [5.41, 5.74) is 1.03. The Morgan fingerprint density at radius 2 is 1.89 bits per heavy atom. The molecule has 0 N–H and O–H groups in total. The summed E-state index contributed by atoms with van der Waals surface area (Å²) >= 11 is 2.04. The van der Waals surface area contributed by atoms with Gasteiger partial charge in [0.2, 0.25) is 0 Å². The van der Waals surface area contributed by atoms with E-state index in [4.69, 9.17) is 4.74 Å². The fraction of sp³-hybridized carbons (Fsp3) is 0.308. The van der Waals surface area contributed by atoms with Crippen LogP contribution in [-0.4, -0.2) is 26.7 Å². The fourth-order valence-corrected chi connectivity index (χ4v) is 2.18. The molecule has 0 aliphatic carbocycles. The van der Waals surface area contributed by atoms with Crippen molar-refractivity contribution in [2.75, 3.05) is 0 Å². The first-order valence-electron chi connectivity index (χ1n) is 5.78. The van der Waals surface area contributed by atoms with E-state index in [2.05, 4.69) is 10.3 Å². The van der Waals surface area contributed by atoms with Crippen LogP contribution in [0.5, 0.6) is 0 Å². The maximum Gasteiger partial charge on any atom is 0.437 e. The van der Waals surface area contributed by atoms with Crippen molar-refractivity contribution in [3.63, 3.8) is 0 Å². The Morgan fingerprint density at radius 1 is 1.26 bits per heavy atom. The van der Waals surface area contributed by atoms with E-state index in [9.17, 15) is 4.79 Å². The number of aromatic nitrogens is 3. The van der Waals surface area contributed by atoms with Gasteiger partial charge >= 0.3 is 6.09 Å². The molecule has 1 heterocycles. The average Bonchev–Trinajstić information content (AvgIpc) is 2.70. The van der Waals surface area contributed by atoms with Gasteiger partial charge in [-0.25, -0.2) is 4.79 Å². The normalized spacial score (nSPS) is 11.4. The second kappa shape index (κ2) is 5.28. The Balaban J connectivity index is 2.31. The van der Waals surface area contributed by atoms with Crippen molar-refractivity contribution in [2.45, 2.75) is 26.4 Å². The van der Waals surface area contributed by atoms with E-state index in [0.717, 1.165) is 5.56 Å². The van der Waals surface area contributed by atoms with Crippen LogP contribution in [0.2, 0.25) is 0 Å². The Hall–Kier alpha value is -1.44. The topological polar surface area (TPSA) is 57.0 Å². The maximum atomic E-state index is 12.0. The minimum atomic E-state index is -0.557. The predicted molar refractivity (Wildman–Crippen MR) is 79.8 cm³/mol. The summed E-state index contributed by atoms with van der Waals surface area (Å²) in [6.07, 6.45) is -0.522. The SMILES string of the molecule is CC(C)(C)OC(=O)n1nnc(-c2ccccc2)c1I. The van der Waals surface area contributed by atoms with Crippen molar-refractivity contribution < 1.29 is 9.53 Å². The van der Waals surface area contributed by atoms with Crippen LogP contribution in [0, 0.1) is 3.70 Å². The molecule has 0 fully saturated rings. The molecular weight excluding hydrogens is 357 g/mol. The molecule has 0 amide bonds. The smallest absolute Gasteiger partial charge is 0.437 e. The number of benzene rings is 1. The predicted octanol–water partition coefficient (Wildman–Crippen LogP) is 3.33. The van der Waals surface area contributed by atoms with E-state index in [1.807, 2.05) is 73.7 Å². The van der Waals surface area contributed by atoms with Crippen LogP contribution in [0.3, 0.4) is 0 Å². The molecule has 0 atom stereocenters. The average molecular weight is 371 g/mol. The third-order valence-electron chi connectivity index (χ3n) is 2.23. The lowest BCUT2D eigenvalue weighted by atomic mass is 10.2. The molecule has 0 bridgehead atoms. The Labute approximate surface area is 125 Å². The number of halogens is 1. The van der Waals surface area contributed by atoms with Crippen LogP contribution < -0.4 is 0 Å². The Bertz CT molecular complexity index is 588. The summed E-state index contributed by atoms with van der Waals surface area (Å²) < 4.78 is 7.08. The zero-order valence-corrected chi connectivity index (χ0v) is 13.1. The van der Waals surface area contributed by atoms with Gasteiger partial charge < -0.3 is 4.74 Å². The third-order valence-corrected chi connectivity index (χ3v) is 3.20. The first kappa shape index (κ1) is 14.0. The molecule has 1 aromatic carbocycles. The lowest BCUT2D eigenvalue weighted by Crippen LogP contribution is -2.28. The molecule has 0 aliphatic rings. The highest BCUT2D eigenvalue weighted by atomic mass is 127. The molecular formula is C13H14IN3O2. The molecule has 0 spiro atoms. The van der Waals surface area contributed by atoms with Gasteiger partial charge in [-0.05, 0) is 43.4 Å². The van der Waals surface area contributed by atoms with E-state index in [-0.39, 0.29) is 0 Å². The number of hydrogen-bond donors (Lipinski definition) is 0. The number of ether oxygens (including phenoxy) is 1. The van der Waals surface area contributed by atoms with Gasteiger partial charge in [0, 0.05) is 5.56 Å². The number of nitrogens with zero attached hydrogens (tertiary/aromatic N) is 3. The summed E-state index contributed by atoms with van der Waals surface area (Å²) in [7, 11) is 0. The molecule has 0 aliphatic heterocycles. The largest absolute Gasteiger partial charge is 0.442 e. The minimum absolute atomic E-state index is 0.522. The molecule has 5 nitrogen and oxygen atoms in total. The van der Waals surface area contributed by atoms with Gasteiger partial charge in [-0.3, -0.25) is 0 Å². The van der Waals surface area contributed by atoms with E-state index >= 15 is 0 Å². The molecule has 1 aromatic heterocycles. The summed E-state index contributed by atoms with van der Waals surface area (Å²) in [6, 6.07) is 9.60. The van der Waals surface area contributed by atoms with Gasteiger partial charge in [-0.15, -0.1) is 9.78 Å². The van der Waals surface area contributed by atoms with Gasteiger partial charge in [0.05, 0.1) is 0 Å². The summed E-state index contributed by atoms with van der Waals surface area (Å²) in [5, 5.41) is 7.90. The lowest BCUT2D eigenvalue weighted by molar-refractivity contribution is 0.0507. The monoisotopic (exact) mass is 371 g/mol. The molecule has 0 unspecified atom stereocenters. The fourth-order valence-electron chi connectivity index (χ4n) is 1.46. The zero-order valence-electron chi connectivity index (χ0n) is 10.9. The molecule has 0 saturated heterocycles. The molecule has 2 rings (SSSR count). The van der Waals surface area contributed by atoms with E-state index in [0.29, 0.717) is 9.39 Å². The first-order chi connectivity index (χ1) is 8.88. The van der Waals surface area contributed by atoms with Gasteiger partial charge in [0.1, 0.15) is 15.0 Å².